The molecule has 0 saturated carbocycles. The molecule has 6 heteroatoms. The van der Waals surface area contributed by atoms with Crippen LogP contribution in [0.25, 0.3) is 0 Å². The second-order valence-corrected chi connectivity index (χ2v) is 6.10. The molecule has 0 aromatic heterocycles. The van der Waals surface area contributed by atoms with Crippen molar-refractivity contribution in [3.8, 4) is 0 Å². The summed E-state index contributed by atoms with van der Waals surface area (Å²) in [7, 11) is 1.36. The molecule has 0 aliphatic carbocycles. The van der Waals surface area contributed by atoms with Gasteiger partial charge in [-0.3, -0.25) is 9.59 Å². The Balaban J connectivity index is 2.15. The zero-order valence-electron chi connectivity index (χ0n) is 11.2. The molecule has 1 heterocycles. The van der Waals surface area contributed by atoms with E-state index < -0.39 is 0 Å². The van der Waals surface area contributed by atoms with E-state index >= 15 is 0 Å². The summed E-state index contributed by atoms with van der Waals surface area (Å²) in [6.45, 7) is 0.637. The Morgan fingerprint density at radius 1 is 1.50 bits per heavy atom. The second kappa shape index (κ2) is 6.99. The predicted molar refractivity (Wildman–Crippen MR) is 80.2 cm³/mol. The summed E-state index contributed by atoms with van der Waals surface area (Å²) in [6.07, 6.45) is 0.232. The van der Waals surface area contributed by atoms with Crippen LogP contribution in [0.3, 0.4) is 0 Å². The first kappa shape index (κ1) is 15.2. The van der Waals surface area contributed by atoms with E-state index in [-0.39, 0.29) is 24.3 Å². The molecule has 1 aliphatic heterocycles. The smallest absolute Gasteiger partial charge is 0.307 e. The maximum Gasteiger partial charge on any atom is 0.307 e. The van der Waals surface area contributed by atoms with Gasteiger partial charge in [0.05, 0.1) is 19.6 Å². The van der Waals surface area contributed by atoms with Crippen LogP contribution in [0.5, 0.6) is 0 Å². The molecule has 1 saturated heterocycles. The van der Waals surface area contributed by atoms with Gasteiger partial charge in [-0.25, -0.2) is 0 Å². The van der Waals surface area contributed by atoms with Gasteiger partial charge >= 0.3 is 5.97 Å². The van der Waals surface area contributed by atoms with Crippen molar-refractivity contribution in [3.63, 3.8) is 0 Å². The highest BCUT2D eigenvalue weighted by Crippen LogP contribution is 2.22. The largest absolute Gasteiger partial charge is 0.469 e. The third-order valence-corrected chi connectivity index (χ3v) is 4.52. The number of rotatable bonds is 3. The van der Waals surface area contributed by atoms with Crippen molar-refractivity contribution in [2.45, 2.75) is 12.5 Å². The van der Waals surface area contributed by atoms with Crippen molar-refractivity contribution >= 4 is 35.2 Å². The van der Waals surface area contributed by atoms with E-state index in [1.807, 2.05) is 0 Å². The lowest BCUT2D eigenvalue weighted by atomic mass is 10.1. The maximum atomic E-state index is 12.5. The van der Waals surface area contributed by atoms with Crippen LogP contribution in [-0.4, -0.2) is 48.0 Å². The van der Waals surface area contributed by atoms with Gasteiger partial charge in [0.2, 0.25) is 0 Å². The lowest BCUT2D eigenvalue weighted by Gasteiger charge is -2.35. The number of carbonyl (C=O) groups excluding carboxylic acids is 2. The van der Waals surface area contributed by atoms with E-state index in [1.54, 1.807) is 40.9 Å². The Morgan fingerprint density at radius 3 is 3.00 bits per heavy atom. The second-order valence-electron chi connectivity index (χ2n) is 4.52. The molecule has 0 bridgehead atoms. The lowest BCUT2D eigenvalue weighted by Crippen LogP contribution is -2.47. The minimum atomic E-state index is -0.290. The molecule has 1 aliphatic rings. The minimum Gasteiger partial charge on any atom is -0.469 e. The van der Waals surface area contributed by atoms with Gasteiger partial charge in [-0.2, -0.15) is 11.8 Å². The first-order valence-electron chi connectivity index (χ1n) is 6.33. The van der Waals surface area contributed by atoms with Crippen molar-refractivity contribution in [2.75, 3.05) is 25.2 Å². The van der Waals surface area contributed by atoms with Crippen molar-refractivity contribution in [1.29, 1.82) is 0 Å². The van der Waals surface area contributed by atoms with E-state index in [9.17, 15) is 9.59 Å². The van der Waals surface area contributed by atoms with Crippen molar-refractivity contribution in [1.82, 2.24) is 4.90 Å². The van der Waals surface area contributed by atoms with Crippen LogP contribution in [0.1, 0.15) is 16.8 Å². The molecule has 108 valence electrons. The Morgan fingerprint density at radius 2 is 2.30 bits per heavy atom. The molecular formula is C14H16ClNO3S. The average Bonchev–Trinajstić information content (AvgIpc) is 2.47. The van der Waals surface area contributed by atoms with Gasteiger partial charge in [-0.15, -0.1) is 0 Å². The summed E-state index contributed by atoms with van der Waals surface area (Å²) in [5, 5.41) is 0.534. The quantitative estimate of drug-likeness (QED) is 0.804. The van der Waals surface area contributed by atoms with E-state index in [0.29, 0.717) is 17.1 Å². The molecule has 0 N–H and O–H groups in total. The maximum absolute atomic E-state index is 12.5. The van der Waals surface area contributed by atoms with Gasteiger partial charge in [0.1, 0.15) is 0 Å². The van der Waals surface area contributed by atoms with E-state index in [1.165, 1.54) is 7.11 Å². The number of benzene rings is 1. The summed E-state index contributed by atoms with van der Waals surface area (Å²) >= 11 is 7.67. The number of halogens is 1. The average molecular weight is 314 g/mol. The molecule has 2 rings (SSSR count). The standard InChI is InChI=1S/C14H16ClNO3S/c1-19-13(17)8-12-9-20-6-5-16(12)14(18)10-3-2-4-11(15)7-10/h2-4,7,12H,5-6,8-9H2,1H3/t12-/m1/s1. The molecule has 1 atom stereocenters. The summed E-state index contributed by atoms with van der Waals surface area (Å²) in [5.41, 5.74) is 0.555. The molecule has 1 amide bonds. The lowest BCUT2D eigenvalue weighted by molar-refractivity contribution is -0.141. The monoisotopic (exact) mass is 313 g/mol. The Bertz CT molecular complexity index is 509. The Hall–Kier alpha value is -1.20. The Labute approximate surface area is 127 Å². The zero-order chi connectivity index (χ0) is 14.5. The van der Waals surface area contributed by atoms with Gasteiger partial charge in [0.25, 0.3) is 5.91 Å². The molecule has 0 unspecified atom stereocenters. The fourth-order valence-electron chi connectivity index (χ4n) is 2.15. The Kier molecular flexibility index (Phi) is 5.31. The number of carbonyl (C=O) groups is 2. The van der Waals surface area contributed by atoms with E-state index in [4.69, 9.17) is 16.3 Å². The van der Waals surface area contributed by atoms with Crippen LogP contribution in [0.2, 0.25) is 5.02 Å². The number of methoxy groups -OCH3 is 1. The number of ether oxygens (including phenoxy) is 1. The summed E-state index contributed by atoms with van der Waals surface area (Å²) < 4.78 is 4.70. The molecule has 1 aromatic carbocycles. The van der Waals surface area contributed by atoms with Crippen LogP contribution in [-0.2, 0) is 9.53 Å². The number of amides is 1. The molecule has 20 heavy (non-hydrogen) atoms. The van der Waals surface area contributed by atoms with Gasteiger partial charge < -0.3 is 9.64 Å². The normalized spacial score (nSPS) is 18.7. The highest BCUT2D eigenvalue weighted by atomic mass is 35.5. The van der Waals surface area contributed by atoms with Crippen LogP contribution in [0, 0.1) is 0 Å². The molecule has 0 radical (unpaired) electrons. The summed E-state index contributed by atoms with van der Waals surface area (Å²) in [5.74, 6) is 1.26. The highest BCUT2D eigenvalue weighted by molar-refractivity contribution is 7.99. The molecular weight excluding hydrogens is 298 g/mol. The fraction of sp³-hybridized carbons (Fsp3) is 0.429. The van der Waals surface area contributed by atoms with Crippen LogP contribution in [0.15, 0.2) is 24.3 Å². The molecule has 4 nitrogen and oxygen atoms in total. The molecule has 1 fully saturated rings. The topological polar surface area (TPSA) is 46.6 Å². The fourth-order valence-corrected chi connectivity index (χ4v) is 3.41. The summed E-state index contributed by atoms with van der Waals surface area (Å²) in [6, 6.07) is 6.76. The zero-order valence-corrected chi connectivity index (χ0v) is 12.7. The molecule has 0 spiro atoms. The highest BCUT2D eigenvalue weighted by Gasteiger charge is 2.29. The summed E-state index contributed by atoms with van der Waals surface area (Å²) in [4.78, 5) is 25.7. The first-order valence-corrected chi connectivity index (χ1v) is 7.86. The number of hydrogen-bond donors (Lipinski definition) is 0. The third kappa shape index (κ3) is 3.67. The van der Waals surface area contributed by atoms with E-state index in [2.05, 4.69) is 0 Å². The molecule has 1 aromatic rings. The third-order valence-electron chi connectivity index (χ3n) is 3.19. The van der Waals surface area contributed by atoms with Crippen molar-refractivity contribution < 1.29 is 14.3 Å². The van der Waals surface area contributed by atoms with E-state index in [0.717, 1.165) is 11.5 Å². The minimum absolute atomic E-state index is 0.0818. The van der Waals surface area contributed by atoms with Crippen LogP contribution >= 0.6 is 23.4 Å². The van der Waals surface area contributed by atoms with Gasteiger partial charge in [0, 0.05) is 28.6 Å². The number of nitrogens with zero attached hydrogens (tertiary/aromatic N) is 1. The number of esters is 1. The number of thioether (sulfide) groups is 1. The van der Waals surface area contributed by atoms with Gasteiger partial charge in [-0.05, 0) is 18.2 Å². The SMILES string of the molecule is COC(=O)C[C@@H]1CSCCN1C(=O)c1cccc(Cl)c1. The van der Waals surface area contributed by atoms with Gasteiger partial charge in [-0.1, -0.05) is 17.7 Å². The van der Waals surface area contributed by atoms with Crippen LogP contribution in [0.4, 0.5) is 0 Å². The van der Waals surface area contributed by atoms with Gasteiger partial charge in [0.15, 0.2) is 0 Å². The van der Waals surface area contributed by atoms with Crippen LogP contribution < -0.4 is 0 Å². The predicted octanol–water partition coefficient (Wildman–Crippen LogP) is 2.46. The van der Waals surface area contributed by atoms with Crippen molar-refractivity contribution in [2.24, 2.45) is 0 Å². The number of hydrogen-bond acceptors (Lipinski definition) is 4. The first-order chi connectivity index (χ1) is 9.61. The van der Waals surface area contributed by atoms with Crippen molar-refractivity contribution in [3.05, 3.63) is 34.9 Å².